The van der Waals surface area contributed by atoms with Gasteiger partial charge in [-0.2, -0.15) is 0 Å². The van der Waals surface area contributed by atoms with Gasteiger partial charge in [0.1, 0.15) is 0 Å². The van der Waals surface area contributed by atoms with Crippen LogP contribution in [0.2, 0.25) is 0 Å². The fraction of sp³-hybridized carbons (Fsp3) is 0.0667. The second kappa shape index (κ2) is 6.57. The van der Waals surface area contributed by atoms with Crippen molar-refractivity contribution in [3.63, 3.8) is 0 Å². The molecule has 0 saturated carbocycles. The molecule has 0 aliphatic carbocycles. The summed E-state index contributed by atoms with van der Waals surface area (Å²) in [7, 11) is 0. The molecule has 4 nitrogen and oxygen atoms in total. The maximum Gasteiger partial charge on any atom is 0.337 e. The van der Waals surface area contributed by atoms with Crippen molar-refractivity contribution >= 4 is 56.1 Å². The van der Waals surface area contributed by atoms with Crippen LogP contribution in [0.1, 0.15) is 26.3 Å². The van der Waals surface area contributed by atoms with Crippen molar-refractivity contribution in [2.45, 2.75) is 6.92 Å². The van der Waals surface area contributed by atoms with E-state index in [0.717, 1.165) is 13.6 Å². The molecular formula is C15H11BrINO3. The SMILES string of the molecule is Cc1ccc(NC(=O)c2cc(Br)ccc2I)c(C(=O)O)c1. The van der Waals surface area contributed by atoms with Crippen molar-refractivity contribution < 1.29 is 14.7 Å². The lowest BCUT2D eigenvalue weighted by Crippen LogP contribution is -2.16. The molecule has 0 spiro atoms. The van der Waals surface area contributed by atoms with Crippen molar-refractivity contribution in [1.29, 1.82) is 0 Å². The number of halogens is 2. The Morgan fingerprint density at radius 1 is 1.14 bits per heavy atom. The van der Waals surface area contributed by atoms with Gasteiger partial charge < -0.3 is 10.4 Å². The molecule has 108 valence electrons. The molecule has 6 heteroatoms. The smallest absolute Gasteiger partial charge is 0.337 e. The highest BCUT2D eigenvalue weighted by atomic mass is 127. The summed E-state index contributed by atoms with van der Waals surface area (Å²) < 4.78 is 1.58. The number of hydrogen-bond donors (Lipinski definition) is 2. The fourth-order valence-corrected chi connectivity index (χ4v) is 2.75. The zero-order valence-electron chi connectivity index (χ0n) is 11.0. The Balaban J connectivity index is 2.36. The van der Waals surface area contributed by atoms with Gasteiger partial charge in [-0.1, -0.05) is 27.6 Å². The Morgan fingerprint density at radius 3 is 2.52 bits per heavy atom. The number of aromatic carboxylic acids is 1. The molecule has 2 aromatic carbocycles. The average Bonchev–Trinajstić information content (AvgIpc) is 2.43. The predicted octanol–water partition coefficient (Wildman–Crippen LogP) is 4.31. The lowest BCUT2D eigenvalue weighted by atomic mass is 10.1. The lowest BCUT2D eigenvalue weighted by Gasteiger charge is -2.10. The van der Waals surface area contributed by atoms with Crippen molar-refractivity contribution in [2.24, 2.45) is 0 Å². The molecular weight excluding hydrogens is 449 g/mol. The highest BCUT2D eigenvalue weighted by molar-refractivity contribution is 14.1. The Bertz CT molecular complexity index is 731. The summed E-state index contributed by atoms with van der Waals surface area (Å²) in [5.41, 5.74) is 1.67. The fourth-order valence-electron chi connectivity index (χ4n) is 1.81. The Morgan fingerprint density at radius 2 is 1.86 bits per heavy atom. The topological polar surface area (TPSA) is 66.4 Å². The van der Waals surface area contributed by atoms with Gasteiger partial charge in [0.05, 0.1) is 16.8 Å². The molecule has 0 saturated heterocycles. The second-order valence-electron chi connectivity index (χ2n) is 4.43. The first-order valence-electron chi connectivity index (χ1n) is 5.99. The van der Waals surface area contributed by atoms with Crippen LogP contribution in [-0.2, 0) is 0 Å². The molecule has 0 aliphatic heterocycles. The van der Waals surface area contributed by atoms with Gasteiger partial charge in [0.2, 0.25) is 0 Å². The normalized spacial score (nSPS) is 10.2. The number of nitrogens with one attached hydrogen (secondary N) is 1. The molecule has 0 atom stereocenters. The molecule has 21 heavy (non-hydrogen) atoms. The van der Waals surface area contributed by atoms with Gasteiger partial charge >= 0.3 is 5.97 Å². The number of carbonyl (C=O) groups is 2. The molecule has 0 aromatic heterocycles. The number of carbonyl (C=O) groups excluding carboxylic acids is 1. The summed E-state index contributed by atoms with van der Waals surface area (Å²) in [6, 6.07) is 10.2. The van der Waals surface area contributed by atoms with Crippen molar-refractivity contribution in [3.05, 3.63) is 61.1 Å². The number of hydrogen-bond acceptors (Lipinski definition) is 2. The van der Waals surface area contributed by atoms with Crippen LogP contribution in [-0.4, -0.2) is 17.0 Å². The van der Waals surface area contributed by atoms with Gasteiger partial charge in [-0.25, -0.2) is 4.79 Å². The third-order valence-electron chi connectivity index (χ3n) is 2.83. The second-order valence-corrected chi connectivity index (χ2v) is 6.51. The van der Waals surface area contributed by atoms with E-state index in [0.29, 0.717) is 5.56 Å². The van der Waals surface area contributed by atoms with Gasteiger partial charge in [0.25, 0.3) is 5.91 Å². The standard InChI is InChI=1S/C15H11BrINO3/c1-8-2-5-13(11(6-8)15(20)21)18-14(19)10-7-9(16)3-4-12(10)17/h2-7H,1H3,(H,18,19)(H,20,21). The van der Waals surface area contributed by atoms with Crippen molar-refractivity contribution in [2.75, 3.05) is 5.32 Å². The third kappa shape index (κ3) is 3.82. The third-order valence-corrected chi connectivity index (χ3v) is 4.26. The van der Waals surface area contributed by atoms with E-state index in [-0.39, 0.29) is 17.2 Å². The molecule has 0 heterocycles. The van der Waals surface area contributed by atoms with Gasteiger partial charge in [-0.05, 0) is 59.8 Å². The van der Waals surface area contributed by atoms with Gasteiger partial charge in [0, 0.05) is 8.04 Å². The van der Waals surface area contributed by atoms with E-state index in [1.54, 1.807) is 25.1 Å². The highest BCUT2D eigenvalue weighted by Gasteiger charge is 2.15. The first-order chi connectivity index (χ1) is 9.88. The molecule has 0 fully saturated rings. The van der Waals surface area contributed by atoms with Crippen LogP contribution in [0.15, 0.2) is 40.9 Å². The largest absolute Gasteiger partial charge is 0.478 e. The zero-order chi connectivity index (χ0) is 15.6. The van der Waals surface area contributed by atoms with Crippen LogP contribution in [0.4, 0.5) is 5.69 Å². The summed E-state index contributed by atoms with van der Waals surface area (Å²) in [5, 5.41) is 11.9. The number of carboxylic acids is 1. The summed E-state index contributed by atoms with van der Waals surface area (Å²) in [4.78, 5) is 23.6. The van der Waals surface area contributed by atoms with Crippen LogP contribution in [0.5, 0.6) is 0 Å². The minimum absolute atomic E-state index is 0.0772. The maximum absolute atomic E-state index is 12.3. The zero-order valence-corrected chi connectivity index (χ0v) is 14.7. The quantitative estimate of drug-likeness (QED) is 0.672. The predicted molar refractivity (Wildman–Crippen MR) is 93.0 cm³/mol. The van der Waals surface area contributed by atoms with E-state index < -0.39 is 5.97 Å². The number of benzene rings is 2. The lowest BCUT2D eigenvalue weighted by molar-refractivity contribution is 0.0698. The Labute approximate surface area is 143 Å². The minimum atomic E-state index is -1.07. The van der Waals surface area contributed by atoms with E-state index in [1.165, 1.54) is 6.07 Å². The van der Waals surface area contributed by atoms with E-state index in [1.807, 2.05) is 12.1 Å². The van der Waals surface area contributed by atoms with Crippen LogP contribution in [0.3, 0.4) is 0 Å². The summed E-state index contributed by atoms with van der Waals surface area (Å²) in [5.74, 6) is -1.41. The summed E-state index contributed by atoms with van der Waals surface area (Å²) in [6.07, 6.45) is 0. The van der Waals surface area contributed by atoms with Crippen LogP contribution in [0.25, 0.3) is 0 Å². The molecule has 1 amide bonds. The van der Waals surface area contributed by atoms with E-state index in [4.69, 9.17) is 0 Å². The molecule has 0 aliphatic rings. The highest BCUT2D eigenvalue weighted by Crippen LogP contribution is 2.22. The first kappa shape index (κ1) is 16.0. The van der Waals surface area contributed by atoms with Crippen LogP contribution < -0.4 is 5.32 Å². The Hall–Kier alpha value is -1.41. The summed E-state index contributed by atoms with van der Waals surface area (Å²) in [6.45, 7) is 1.80. The minimum Gasteiger partial charge on any atom is -0.478 e. The first-order valence-corrected chi connectivity index (χ1v) is 7.86. The molecule has 0 radical (unpaired) electrons. The van der Waals surface area contributed by atoms with Crippen molar-refractivity contribution in [1.82, 2.24) is 0 Å². The van der Waals surface area contributed by atoms with Gasteiger partial charge in [-0.3, -0.25) is 4.79 Å². The molecule has 2 aromatic rings. The maximum atomic E-state index is 12.3. The monoisotopic (exact) mass is 459 g/mol. The van der Waals surface area contributed by atoms with Crippen LogP contribution >= 0.6 is 38.5 Å². The molecule has 0 bridgehead atoms. The van der Waals surface area contributed by atoms with E-state index >= 15 is 0 Å². The van der Waals surface area contributed by atoms with Gasteiger partial charge in [-0.15, -0.1) is 0 Å². The Kier molecular flexibility index (Phi) is 5.00. The molecule has 2 rings (SSSR count). The summed E-state index contributed by atoms with van der Waals surface area (Å²) >= 11 is 5.38. The van der Waals surface area contributed by atoms with Gasteiger partial charge in [0.15, 0.2) is 0 Å². The van der Waals surface area contributed by atoms with Crippen molar-refractivity contribution in [3.8, 4) is 0 Å². The number of amides is 1. The molecule has 0 unspecified atom stereocenters. The number of carboxylic acid groups (broad SMARTS) is 1. The number of aryl methyl sites for hydroxylation is 1. The number of rotatable bonds is 3. The average molecular weight is 460 g/mol. The van der Waals surface area contributed by atoms with E-state index in [9.17, 15) is 14.7 Å². The van der Waals surface area contributed by atoms with E-state index in [2.05, 4.69) is 43.8 Å². The molecule has 2 N–H and O–H groups in total. The number of anilines is 1. The van der Waals surface area contributed by atoms with Crippen LogP contribution in [0, 0.1) is 10.5 Å².